The van der Waals surface area contributed by atoms with E-state index in [2.05, 4.69) is 5.32 Å². The fraction of sp³-hybridized carbons (Fsp3) is 0.538. The summed E-state index contributed by atoms with van der Waals surface area (Å²) >= 11 is 1.52. The number of furan rings is 1. The van der Waals surface area contributed by atoms with Gasteiger partial charge in [-0.15, -0.1) is 11.8 Å². The third kappa shape index (κ3) is 2.63. The van der Waals surface area contributed by atoms with Crippen molar-refractivity contribution in [2.75, 3.05) is 6.54 Å². The Morgan fingerprint density at radius 1 is 1.58 bits per heavy atom. The molecule has 1 saturated heterocycles. The summed E-state index contributed by atoms with van der Waals surface area (Å²) in [4.78, 5) is 25.6. The molecule has 5 nitrogen and oxygen atoms in total. The fourth-order valence-corrected chi connectivity index (χ4v) is 3.38. The van der Waals surface area contributed by atoms with Crippen LogP contribution in [0.2, 0.25) is 0 Å². The highest BCUT2D eigenvalue weighted by atomic mass is 32.2. The fourth-order valence-electron chi connectivity index (χ4n) is 2.14. The van der Waals surface area contributed by atoms with Crippen molar-refractivity contribution in [3.05, 3.63) is 24.2 Å². The Balaban J connectivity index is 1.71. The second kappa shape index (κ2) is 4.92. The molecule has 2 heterocycles. The van der Waals surface area contributed by atoms with Crippen LogP contribution in [-0.4, -0.2) is 34.6 Å². The van der Waals surface area contributed by atoms with Crippen LogP contribution < -0.4 is 5.32 Å². The molecule has 0 radical (unpaired) electrons. The van der Waals surface area contributed by atoms with Gasteiger partial charge in [0.1, 0.15) is 17.7 Å². The number of rotatable bonds is 4. The van der Waals surface area contributed by atoms with Gasteiger partial charge in [-0.3, -0.25) is 9.59 Å². The maximum atomic E-state index is 12.1. The van der Waals surface area contributed by atoms with Gasteiger partial charge in [-0.1, -0.05) is 0 Å². The van der Waals surface area contributed by atoms with Crippen LogP contribution in [0.15, 0.2) is 22.8 Å². The average Bonchev–Trinajstić information content (AvgIpc) is 2.93. The quantitative estimate of drug-likeness (QED) is 0.908. The molecule has 2 aliphatic rings. The highest BCUT2D eigenvalue weighted by Crippen LogP contribution is 2.42. The number of hydrogen-bond acceptors (Lipinski definition) is 4. The zero-order valence-corrected chi connectivity index (χ0v) is 11.5. The van der Waals surface area contributed by atoms with Crippen LogP contribution in [0.5, 0.6) is 0 Å². The van der Waals surface area contributed by atoms with Crippen molar-refractivity contribution in [3.8, 4) is 0 Å². The first kappa shape index (κ1) is 12.6. The molecular formula is C13H16N2O3S. The number of carbonyl (C=O) groups excluding carboxylic acids is 2. The standard InChI is InChI=1S/C13H16N2O3S/c1-8-12(17)15(7-11(16)14-9-4-5-9)13(19-8)10-3-2-6-18-10/h2-3,6,8-9,13H,4-5,7H2,1H3,(H,14,16)/t8-,13+/m1/s1. The van der Waals surface area contributed by atoms with Crippen LogP contribution in [0.3, 0.4) is 0 Å². The molecule has 0 bridgehead atoms. The molecule has 0 aromatic carbocycles. The Kier molecular flexibility index (Phi) is 3.26. The predicted molar refractivity (Wildman–Crippen MR) is 71.4 cm³/mol. The Bertz CT molecular complexity index is 484. The summed E-state index contributed by atoms with van der Waals surface area (Å²) in [5, 5.41) is 2.58. The number of carbonyl (C=O) groups is 2. The molecule has 1 aromatic heterocycles. The van der Waals surface area contributed by atoms with Gasteiger partial charge in [0.2, 0.25) is 11.8 Å². The van der Waals surface area contributed by atoms with E-state index in [0.29, 0.717) is 6.04 Å². The molecule has 2 atom stereocenters. The maximum Gasteiger partial charge on any atom is 0.239 e. The minimum Gasteiger partial charge on any atom is -0.466 e. The van der Waals surface area contributed by atoms with Crippen LogP contribution in [0.4, 0.5) is 0 Å². The lowest BCUT2D eigenvalue weighted by Crippen LogP contribution is -2.40. The third-order valence-corrected chi connectivity index (χ3v) is 4.64. The second-order valence-corrected chi connectivity index (χ2v) is 6.38. The summed E-state index contributed by atoms with van der Waals surface area (Å²) in [6.07, 6.45) is 3.69. The van der Waals surface area contributed by atoms with Crippen LogP contribution >= 0.6 is 11.8 Å². The number of amides is 2. The zero-order chi connectivity index (χ0) is 13.4. The first-order chi connectivity index (χ1) is 9.15. The lowest BCUT2D eigenvalue weighted by Gasteiger charge is -2.21. The van der Waals surface area contributed by atoms with Crippen LogP contribution in [0.1, 0.15) is 30.9 Å². The van der Waals surface area contributed by atoms with Gasteiger partial charge in [0, 0.05) is 6.04 Å². The largest absolute Gasteiger partial charge is 0.466 e. The van der Waals surface area contributed by atoms with Gasteiger partial charge in [0.25, 0.3) is 0 Å². The van der Waals surface area contributed by atoms with Gasteiger partial charge < -0.3 is 14.6 Å². The first-order valence-corrected chi connectivity index (χ1v) is 7.38. The van der Waals surface area contributed by atoms with Crippen molar-refractivity contribution in [3.63, 3.8) is 0 Å². The molecule has 102 valence electrons. The van der Waals surface area contributed by atoms with Gasteiger partial charge in [-0.05, 0) is 31.9 Å². The molecular weight excluding hydrogens is 264 g/mol. The van der Waals surface area contributed by atoms with Gasteiger partial charge in [-0.2, -0.15) is 0 Å². The zero-order valence-electron chi connectivity index (χ0n) is 10.7. The monoisotopic (exact) mass is 280 g/mol. The second-order valence-electron chi connectivity index (χ2n) is 4.95. The van der Waals surface area contributed by atoms with E-state index >= 15 is 0 Å². The van der Waals surface area contributed by atoms with Gasteiger partial charge >= 0.3 is 0 Å². The maximum absolute atomic E-state index is 12.1. The highest BCUT2D eigenvalue weighted by molar-refractivity contribution is 8.01. The summed E-state index contributed by atoms with van der Waals surface area (Å²) in [5.74, 6) is 0.640. The van der Waals surface area contributed by atoms with E-state index in [9.17, 15) is 9.59 Å². The van der Waals surface area contributed by atoms with E-state index in [0.717, 1.165) is 18.6 Å². The molecule has 0 spiro atoms. The Morgan fingerprint density at radius 3 is 3.00 bits per heavy atom. The van der Waals surface area contributed by atoms with E-state index in [4.69, 9.17) is 4.42 Å². The Labute approximate surface area is 115 Å². The van der Waals surface area contributed by atoms with Gasteiger partial charge in [0.15, 0.2) is 0 Å². The SMILES string of the molecule is C[C@H]1S[C@@H](c2ccco2)N(CC(=O)NC2CC2)C1=O. The summed E-state index contributed by atoms with van der Waals surface area (Å²) in [6.45, 7) is 1.97. The summed E-state index contributed by atoms with van der Waals surface area (Å²) < 4.78 is 5.37. The molecule has 1 aliphatic carbocycles. The average molecular weight is 280 g/mol. The van der Waals surface area contributed by atoms with Crippen molar-refractivity contribution in [1.82, 2.24) is 10.2 Å². The van der Waals surface area contributed by atoms with E-state index < -0.39 is 0 Å². The molecule has 19 heavy (non-hydrogen) atoms. The summed E-state index contributed by atoms with van der Waals surface area (Å²) in [7, 11) is 0. The van der Waals surface area contributed by atoms with Crippen LogP contribution in [0.25, 0.3) is 0 Å². The number of nitrogens with zero attached hydrogens (tertiary/aromatic N) is 1. The number of nitrogens with one attached hydrogen (secondary N) is 1. The lowest BCUT2D eigenvalue weighted by atomic mass is 10.3. The minimum absolute atomic E-state index is 0.00246. The highest BCUT2D eigenvalue weighted by Gasteiger charge is 2.41. The first-order valence-electron chi connectivity index (χ1n) is 6.44. The topological polar surface area (TPSA) is 62.6 Å². The molecule has 1 aliphatic heterocycles. The molecule has 0 unspecified atom stereocenters. The van der Waals surface area contributed by atoms with E-state index in [1.165, 1.54) is 11.8 Å². The number of hydrogen-bond donors (Lipinski definition) is 1. The van der Waals surface area contributed by atoms with Crippen LogP contribution in [0, 0.1) is 0 Å². The summed E-state index contributed by atoms with van der Waals surface area (Å²) in [5.41, 5.74) is 0. The normalized spacial score (nSPS) is 26.8. The predicted octanol–water partition coefficient (Wildman–Crippen LogP) is 1.52. The molecule has 1 N–H and O–H groups in total. The molecule has 1 saturated carbocycles. The van der Waals surface area contributed by atoms with Crippen molar-refractivity contribution >= 4 is 23.6 Å². The molecule has 3 rings (SSSR count). The molecule has 1 aromatic rings. The minimum atomic E-state index is -0.192. The van der Waals surface area contributed by atoms with Gasteiger partial charge in [0.05, 0.1) is 11.5 Å². The van der Waals surface area contributed by atoms with Crippen molar-refractivity contribution in [2.24, 2.45) is 0 Å². The van der Waals surface area contributed by atoms with Crippen LogP contribution in [-0.2, 0) is 9.59 Å². The Hall–Kier alpha value is -1.43. The molecule has 2 fully saturated rings. The van der Waals surface area contributed by atoms with Gasteiger partial charge in [-0.25, -0.2) is 0 Å². The van der Waals surface area contributed by atoms with E-state index in [1.54, 1.807) is 17.2 Å². The molecule has 2 amide bonds. The van der Waals surface area contributed by atoms with Crippen molar-refractivity contribution in [1.29, 1.82) is 0 Å². The van der Waals surface area contributed by atoms with E-state index in [1.807, 2.05) is 13.0 Å². The van der Waals surface area contributed by atoms with E-state index in [-0.39, 0.29) is 29.0 Å². The third-order valence-electron chi connectivity index (χ3n) is 3.29. The number of thioether (sulfide) groups is 1. The summed E-state index contributed by atoms with van der Waals surface area (Å²) in [6, 6.07) is 3.96. The Morgan fingerprint density at radius 2 is 2.37 bits per heavy atom. The molecule has 6 heteroatoms. The van der Waals surface area contributed by atoms with Crippen molar-refractivity contribution in [2.45, 2.75) is 36.4 Å². The van der Waals surface area contributed by atoms with Crippen molar-refractivity contribution < 1.29 is 14.0 Å². The lowest BCUT2D eigenvalue weighted by molar-refractivity contribution is -0.135. The smallest absolute Gasteiger partial charge is 0.239 e.